The van der Waals surface area contributed by atoms with Gasteiger partial charge in [0.15, 0.2) is 10.1 Å². The van der Waals surface area contributed by atoms with Crippen LogP contribution in [0.2, 0.25) is 0 Å². The molecule has 0 aliphatic rings. The molecule has 0 atom stereocenters. The van der Waals surface area contributed by atoms with Gasteiger partial charge in [-0.2, -0.15) is 0 Å². The first-order valence-corrected chi connectivity index (χ1v) is 7.73. The molecule has 104 valence electrons. The van der Waals surface area contributed by atoms with Gasteiger partial charge in [-0.1, -0.05) is 0 Å². The number of allylic oxidation sites excluding steroid dienone is 1. The van der Waals surface area contributed by atoms with E-state index in [1.54, 1.807) is 22.6 Å². The maximum absolute atomic E-state index is 11.8. The lowest BCUT2D eigenvalue weighted by Crippen LogP contribution is -2.27. The topological polar surface area (TPSA) is 63.2 Å². The highest BCUT2D eigenvalue weighted by atomic mass is 32.1. The van der Waals surface area contributed by atoms with Crippen molar-refractivity contribution in [2.24, 2.45) is 0 Å². The van der Waals surface area contributed by atoms with Crippen molar-refractivity contribution in [3.63, 3.8) is 0 Å². The van der Waals surface area contributed by atoms with Gasteiger partial charge < -0.3 is 0 Å². The molecule has 2 aromatic rings. The van der Waals surface area contributed by atoms with Crippen molar-refractivity contribution in [3.8, 4) is 0 Å². The fourth-order valence-electron chi connectivity index (χ4n) is 1.55. The van der Waals surface area contributed by atoms with E-state index in [0.717, 1.165) is 0 Å². The average molecular weight is 307 g/mol. The van der Waals surface area contributed by atoms with Crippen LogP contribution in [-0.4, -0.2) is 28.2 Å². The van der Waals surface area contributed by atoms with Gasteiger partial charge in [0.05, 0.1) is 5.69 Å². The normalized spacial score (nSPS) is 10.9. The van der Waals surface area contributed by atoms with Crippen molar-refractivity contribution >= 4 is 45.6 Å². The minimum absolute atomic E-state index is 0.0451. The first-order valence-electron chi connectivity index (χ1n) is 5.97. The number of nitrogens with zero attached hydrogens (tertiary/aromatic N) is 3. The van der Waals surface area contributed by atoms with Crippen LogP contribution in [0.25, 0.3) is 6.08 Å². The van der Waals surface area contributed by atoms with E-state index >= 15 is 0 Å². The van der Waals surface area contributed by atoms with Crippen molar-refractivity contribution in [2.75, 3.05) is 11.4 Å². The summed E-state index contributed by atoms with van der Waals surface area (Å²) in [5.41, 5.74) is 0.662. The molecule has 5 nitrogen and oxygen atoms in total. The number of ketones is 1. The lowest BCUT2D eigenvalue weighted by atomic mass is 10.3. The van der Waals surface area contributed by atoms with Crippen LogP contribution in [0.5, 0.6) is 0 Å². The first-order chi connectivity index (χ1) is 9.61. The molecule has 2 rings (SSSR count). The van der Waals surface area contributed by atoms with Crippen molar-refractivity contribution in [1.29, 1.82) is 0 Å². The van der Waals surface area contributed by atoms with Gasteiger partial charge in [0.1, 0.15) is 0 Å². The SMILES string of the molecule is CCN(C(C)=O)c1nc(C=CC(=O)c2nccs2)cs1. The zero-order valence-electron chi connectivity index (χ0n) is 11.1. The second-order valence-corrected chi connectivity index (χ2v) is 5.58. The Morgan fingerprint density at radius 1 is 1.40 bits per heavy atom. The molecule has 0 spiro atoms. The maximum atomic E-state index is 11.8. The molecule has 2 aromatic heterocycles. The predicted molar refractivity (Wildman–Crippen MR) is 81.3 cm³/mol. The lowest BCUT2D eigenvalue weighted by Gasteiger charge is -2.14. The van der Waals surface area contributed by atoms with E-state index in [1.165, 1.54) is 35.7 Å². The van der Waals surface area contributed by atoms with Crippen molar-refractivity contribution < 1.29 is 9.59 Å². The highest BCUT2D eigenvalue weighted by Gasteiger charge is 2.12. The standard InChI is InChI=1S/C13H13N3O2S2/c1-3-16(9(2)17)13-15-10(8-20-13)4-5-11(18)12-14-6-7-19-12/h4-8H,3H2,1-2H3. The fourth-order valence-corrected chi connectivity index (χ4v) is 3.00. The van der Waals surface area contributed by atoms with E-state index in [9.17, 15) is 9.59 Å². The average Bonchev–Trinajstić information content (AvgIpc) is 3.08. The van der Waals surface area contributed by atoms with Crippen LogP contribution in [-0.2, 0) is 4.79 Å². The van der Waals surface area contributed by atoms with E-state index < -0.39 is 0 Å². The number of amides is 1. The van der Waals surface area contributed by atoms with Gasteiger partial charge in [-0.05, 0) is 19.1 Å². The molecule has 0 N–H and O–H groups in total. The number of rotatable bonds is 5. The molecule has 0 fully saturated rings. The zero-order valence-corrected chi connectivity index (χ0v) is 12.7. The van der Waals surface area contributed by atoms with Crippen molar-refractivity contribution in [1.82, 2.24) is 9.97 Å². The molecule has 0 aliphatic carbocycles. The predicted octanol–water partition coefficient (Wildman–Crippen LogP) is 2.87. The van der Waals surface area contributed by atoms with Crippen LogP contribution < -0.4 is 4.90 Å². The Bertz CT molecular complexity index is 632. The second kappa shape index (κ2) is 6.53. The molecule has 1 amide bonds. The molecule has 0 saturated carbocycles. The molecule has 0 radical (unpaired) electrons. The number of carbonyl (C=O) groups excluding carboxylic acids is 2. The van der Waals surface area contributed by atoms with Gasteiger partial charge in [0.2, 0.25) is 11.7 Å². The molecular weight excluding hydrogens is 294 g/mol. The molecule has 7 heteroatoms. The van der Waals surface area contributed by atoms with Gasteiger partial charge in [-0.25, -0.2) is 9.97 Å². The van der Waals surface area contributed by atoms with Gasteiger partial charge in [0, 0.05) is 30.4 Å². The van der Waals surface area contributed by atoms with Gasteiger partial charge in [-0.3, -0.25) is 14.5 Å². The maximum Gasteiger partial charge on any atom is 0.225 e. The zero-order chi connectivity index (χ0) is 14.5. The first kappa shape index (κ1) is 14.5. The highest BCUT2D eigenvalue weighted by Crippen LogP contribution is 2.21. The number of anilines is 1. The summed E-state index contributed by atoms with van der Waals surface area (Å²) in [6.45, 7) is 3.97. The monoisotopic (exact) mass is 307 g/mol. The Morgan fingerprint density at radius 2 is 2.20 bits per heavy atom. The van der Waals surface area contributed by atoms with Crippen LogP contribution in [0.4, 0.5) is 5.13 Å². The largest absolute Gasteiger partial charge is 0.289 e. The van der Waals surface area contributed by atoms with Crippen LogP contribution in [0.3, 0.4) is 0 Å². The van der Waals surface area contributed by atoms with Crippen molar-refractivity contribution in [2.45, 2.75) is 13.8 Å². The number of aromatic nitrogens is 2. The van der Waals surface area contributed by atoms with Gasteiger partial charge in [0.25, 0.3) is 0 Å². The number of thiazole rings is 2. The molecule has 0 bridgehead atoms. The van der Waals surface area contributed by atoms with Crippen LogP contribution in [0.15, 0.2) is 23.0 Å². The Kier molecular flexibility index (Phi) is 4.75. The third kappa shape index (κ3) is 3.37. The molecule has 0 saturated heterocycles. The minimum atomic E-state index is -0.145. The van der Waals surface area contributed by atoms with Crippen LogP contribution >= 0.6 is 22.7 Å². The lowest BCUT2D eigenvalue weighted by molar-refractivity contribution is -0.116. The summed E-state index contributed by atoms with van der Waals surface area (Å²) in [6.07, 6.45) is 4.68. The molecular formula is C13H13N3O2S2. The minimum Gasteiger partial charge on any atom is -0.289 e. The van der Waals surface area contributed by atoms with E-state index in [-0.39, 0.29) is 11.7 Å². The second-order valence-electron chi connectivity index (χ2n) is 3.85. The molecule has 0 aliphatic heterocycles. The van der Waals surface area contributed by atoms with E-state index in [2.05, 4.69) is 9.97 Å². The highest BCUT2D eigenvalue weighted by molar-refractivity contribution is 7.14. The Balaban J connectivity index is 2.10. The van der Waals surface area contributed by atoms with E-state index in [1.807, 2.05) is 12.3 Å². The summed E-state index contributed by atoms with van der Waals surface area (Å²) < 4.78 is 0. The summed E-state index contributed by atoms with van der Waals surface area (Å²) >= 11 is 2.68. The van der Waals surface area contributed by atoms with Crippen LogP contribution in [0.1, 0.15) is 29.3 Å². The molecule has 0 aromatic carbocycles. The smallest absolute Gasteiger partial charge is 0.225 e. The molecule has 20 heavy (non-hydrogen) atoms. The van der Waals surface area contributed by atoms with Crippen molar-refractivity contribution in [3.05, 3.63) is 33.7 Å². The summed E-state index contributed by atoms with van der Waals surface area (Å²) in [7, 11) is 0. The van der Waals surface area contributed by atoms with Gasteiger partial charge in [-0.15, -0.1) is 22.7 Å². The number of carbonyl (C=O) groups is 2. The third-order valence-electron chi connectivity index (χ3n) is 2.49. The van der Waals surface area contributed by atoms with Crippen LogP contribution in [0, 0.1) is 0 Å². The van der Waals surface area contributed by atoms with E-state index in [0.29, 0.717) is 22.4 Å². The molecule has 0 unspecified atom stereocenters. The summed E-state index contributed by atoms with van der Waals surface area (Å²) in [5, 5.41) is 4.66. The number of hydrogen-bond donors (Lipinski definition) is 0. The quantitative estimate of drug-likeness (QED) is 0.629. The number of hydrogen-bond acceptors (Lipinski definition) is 6. The summed E-state index contributed by atoms with van der Waals surface area (Å²) in [5.74, 6) is -0.190. The van der Waals surface area contributed by atoms with E-state index in [4.69, 9.17) is 0 Å². The summed E-state index contributed by atoms with van der Waals surface area (Å²) in [4.78, 5) is 33.0. The Morgan fingerprint density at radius 3 is 2.80 bits per heavy atom. The Hall–Kier alpha value is -1.86. The third-order valence-corrected chi connectivity index (χ3v) is 4.16. The fraction of sp³-hybridized carbons (Fsp3) is 0.231. The van der Waals surface area contributed by atoms with Gasteiger partial charge >= 0.3 is 0 Å². The molecule has 2 heterocycles. The Labute approximate surface area is 124 Å². The summed E-state index contributed by atoms with van der Waals surface area (Å²) in [6, 6.07) is 0.